The summed E-state index contributed by atoms with van der Waals surface area (Å²) in [6.45, 7) is 8.99. The minimum absolute atomic E-state index is 0.317. The van der Waals surface area contributed by atoms with E-state index in [2.05, 4.69) is 20.1 Å². The lowest BCUT2D eigenvalue weighted by Gasteiger charge is -2.36. The van der Waals surface area contributed by atoms with Crippen molar-refractivity contribution >= 4 is 5.96 Å². The molecule has 0 bridgehead atoms. The molecule has 29 heavy (non-hydrogen) atoms. The lowest BCUT2D eigenvalue weighted by atomic mass is 9.97. The predicted octanol–water partition coefficient (Wildman–Crippen LogP) is 1.97. The average molecular weight is 411 g/mol. The maximum absolute atomic E-state index is 6.15. The number of methoxy groups -OCH3 is 1. The molecule has 7 heteroatoms. The van der Waals surface area contributed by atoms with E-state index in [9.17, 15) is 0 Å². The van der Waals surface area contributed by atoms with Crippen LogP contribution >= 0.6 is 0 Å². The van der Waals surface area contributed by atoms with Gasteiger partial charge in [-0.05, 0) is 64.0 Å². The molecular weight excluding hydrogens is 368 g/mol. The number of hydrogen-bond acceptors (Lipinski definition) is 5. The molecule has 3 aliphatic rings. The Morgan fingerprint density at radius 2 is 1.86 bits per heavy atom. The molecule has 3 saturated heterocycles. The maximum Gasteiger partial charge on any atom is 0.193 e. The highest BCUT2D eigenvalue weighted by Crippen LogP contribution is 2.19. The van der Waals surface area contributed by atoms with Gasteiger partial charge in [0, 0.05) is 46.9 Å². The van der Waals surface area contributed by atoms with Gasteiger partial charge in [0.05, 0.1) is 25.4 Å². The number of nitrogens with zero attached hydrogens (tertiary/aromatic N) is 3. The second-order valence-corrected chi connectivity index (χ2v) is 8.71. The van der Waals surface area contributed by atoms with Crippen LogP contribution in [-0.4, -0.2) is 101 Å². The van der Waals surface area contributed by atoms with Crippen molar-refractivity contribution in [3.05, 3.63) is 0 Å². The lowest BCUT2D eigenvalue weighted by molar-refractivity contribution is -0.0721. The molecule has 3 fully saturated rings. The molecule has 0 aromatic rings. The highest BCUT2D eigenvalue weighted by molar-refractivity contribution is 5.79. The van der Waals surface area contributed by atoms with Crippen LogP contribution in [0.15, 0.2) is 4.99 Å². The van der Waals surface area contributed by atoms with Gasteiger partial charge in [-0.2, -0.15) is 0 Å². The monoisotopic (exact) mass is 410 g/mol. The van der Waals surface area contributed by atoms with Crippen molar-refractivity contribution in [2.75, 3.05) is 73.2 Å². The molecule has 0 aromatic heterocycles. The molecule has 1 unspecified atom stereocenters. The zero-order valence-electron chi connectivity index (χ0n) is 18.6. The second-order valence-electron chi connectivity index (χ2n) is 8.71. The van der Waals surface area contributed by atoms with Crippen molar-refractivity contribution in [3.63, 3.8) is 0 Å². The molecule has 7 nitrogen and oxygen atoms in total. The van der Waals surface area contributed by atoms with Crippen molar-refractivity contribution in [2.45, 2.75) is 57.2 Å². The molecule has 3 rings (SSSR count). The number of nitrogens with one attached hydrogen (secondary N) is 1. The van der Waals surface area contributed by atoms with E-state index in [4.69, 9.17) is 14.2 Å². The SMILES string of the molecule is CN=C(NCC1CCN(CCOC)CC1)N1CCC(OCC2CCCCO2)CC1. The van der Waals surface area contributed by atoms with Crippen LogP contribution in [0.1, 0.15) is 44.9 Å². The molecule has 168 valence electrons. The summed E-state index contributed by atoms with van der Waals surface area (Å²) in [5.41, 5.74) is 0. The van der Waals surface area contributed by atoms with Gasteiger partial charge in [-0.25, -0.2) is 0 Å². The van der Waals surface area contributed by atoms with Gasteiger partial charge >= 0.3 is 0 Å². The van der Waals surface area contributed by atoms with Gasteiger partial charge in [-0.15, -0.1) is 0 Å². The standard InChI is InChI=1S/C22H42N4O3/c1-23-22(24-17-19-6-10-25(11-7-19)14-16-27-2)26-12-8-20(9-13-26)29-18-21-5-3-4-15-28-21/h19-21H,3-18H2,1-2H3,(H,23,24). The highest BCUT2D eigenvalue weighted by Gasteiger charge is 2.25. The largest absolute Gasteiger partial charge is 0.383 e. The first-order valence-electron chi connectivity index (χ1n) is 11.7. The molecule has 0 amide bonds. The molecule has 3 heterocycles. The Morgan fingerprint density at radius 1 is 1.07 bits per heavy atom. The summed E-state index contributed by atoms with van der Waals surface area (Å²) in [5, 5.41) is 3.64. The lowest BCUT2D eigenvalue weighted by Crippen LogP contribution is -2.49. The Balaban J connectivity index is 1.30. The Hall–Kier alpha value is -0.890. The first kappa shape index (κ1) is 22.8. The Morgan fingerprint density at radius 3 is 2.52 bits per heavy atom. The molecule has 3 aliphatic heterocycles. The van der Waals surface area contributed by atoms with Gasteiger partial charge in [0.15, 0.2) is 5.96 Å². The fraction of sp³-hybridized carbons (Fsp3) is 0.955. The van der Waals surface area contributed by atoms with E-state index >= 15 is 0 Å². The minimum atomic E-state index is 0.317. The normalized spacial score (nSPS) is 26.1. The van der Waals surface area contributed by atoms with Crippen molar-refractivity contribution in [2.24, 2.45) is 10.9 Å². The minimum Gasteiger partial charge on any atom is -0.383 e. The van der Waals surface area contributed by atoms with E-state index in [1.54, 1.807) is 7.11 Å². The van der Waals surface area contributed by atoms with Gasteiger partial charge in [0.1, 0.15) is 0 Å². The van der Waals surface area contributed by atoms with Crippen molar-refractivity contribution in [1.82, 2.24) is 15.1 Å². The molecule has 0 saturated carbocycles. The zero-order valence-corrected chi connectivity index (χ0v) is 18.6. The highest BCUT2D eigenvalue weighted by atomic mass is 16.5. The Labute approximate surface area is 177 Å². The van der Waals surface area contributed by atoms with E-state index < -0.39 is 0 Å². The number of piperidine rings is 2. The van der Waals surface area contributed by atoms with Gasteiger partial charge in [-0.3, -0.25) is 4.99 Å². The number of hydrogen-bond donors (Lipinski definition) is 1. The first-order valence-corrected chi connectivity index (χ1v) is 11.7. The fourth-order valence-corrected chi connectivity index (χ4v) is 4.62. The average Bonchev–Trinajstić information content (AvgIpc) is 2.79. The quantitative estimate of drug-likeness (QED) is 0.488. The van der Waals surface area contributed by atoms with Crippen LogP contribution in [0.3, 0.4) is 0 Å². The summed E-state index contributed by atoms with van der Waals surface area (Å²) in [6, 6.07) is 0. The molecule has 0 spiro atoms. The van der Waals surface area contributed by atoms with Gasteiger partial charge in [0.25, 0.3) is 0 Å². The number of ether oxygens (including phenoxy) is 3. The van der Waals surface area contributed by atoms with Crippen LogP contribution in [0.2, 0.25) is 0 Å². The molecule has 0 aliphatic carbocycles. The fourth-order valence-electron chi connectivity index (χ4n) is 4.62. The summed E-state index contributed by atoms with van der Waals surface area (Å²) in [6.07, 6.45) is 8.98. The smallest absolute Gasteiger partial charge is 0.193 e. The summed E-state index contributed by atoms with van der Waals surface area (Å²) in [7, 11) is 3.68. The van der Waals surface area contributed by atoms with E-state index in [-0.39, 0.29) is 0 Å². The number of aliphatic imine (C=N–C) groups is 1. The predicted molar refractivity (Wildman–Crippen MR) is 117 cm³/mol. The third-order valence-electron chi connectivity index (χ3n) is 6.61. The first-order chi connectivity index (χ1) is 14.3. The van der Waals surface area contributed by atoms with Gasteiger partial charge in [0.2, 0.25) is 0 Å². The van der Waals surface area contributed by atoms with Crippen molar-refractivity contribution < 1.29 is 14.2 Å². The van der Waals surface area contributed by atoms with Crippen LogP contribution in [0.25, 0.3) is 0 Å². The van der Waals surface area contributed by atoms with Gasteiger partial charge in [-0.1, -0.05) is 0 Å². The summed E-state index contributed by atoms with van der Waals surface area (Å²) < 4.78 is 17.1. The molecule has 0 aromatic carbocycles. The van der Waals surface area contributed by atoms with E-state index in [0.717, 1.165) is 77.1 Å². The zero-order chi connectivity index (χ0) is 20.3. The number of rotatable bonds is 8. The summed E-state index contributed by atoms with van der Waals surface area (Å²) in [4.78, 5) is 9.45. The number of guanidine groups is 1. The van der Waals surface area contributed by atoms with E-state index in [0.29, 0.717) is 12.2 Å². The van der Waals surface area contributed by atoms with Crippen molar-refractivity contribution in [3.8, 4) is 0 Å². The topological polar surface area (TPSA) is 58.6 Å². The number of likely N-dealkylation sites (tertiary alicyclic amines) is 2. The molecular formula is C22H42N4O3. The van der Waals surface area contributed by atoms with Crippen LogP contribution in [0.5, 0.6) is 0 Å². The van der Waals surface area contributed by atoms with Gasteiger partial charge < -0.3 is 29.3 Å². The van der Waals surface area contributed by atoms with Crippen LogP contribution in [0.4, 0.5) is 0 Å². The third-order valence-corrected chi connectivity index (χ3v) is 6.61. The molecule has 0 radical (unpaired) electrons. The van der Waals surface area contributed by atoms with E-state index in [1.807, 2.05) is 7.05 Å². The van der Waals surface area contributed by atoms with Crippen molar-refractivity contribution in [1.29, 1.82) is 0 Å². The third kappa shape index (κ3) is 7.70. The van der Waals surface area contributed by atoms with Crippen LogP contribution in [-0.2, 0) is 14.2 Å². The summed E-state index contributed by atoms with van der Waals surface area (Å²) in [5.74, 6) is 1.79. The Kier molecular flexibility index (Phi) is 10.00. The van der Waals surface area contributed by atoms with E-state index in [1.165, 1.54) is 38.8 Å². The Bertz CT molecular complexity index is 469. The summed E-state index contributed by atoms with van der Waals surface area (Å²) >= 11 is 0. The maximum atomic E-state index is 6.15. The van der Waals surface area contributed by atoms with Crippen LogP contribution in [0, 0.1) is 5.92 Å². The molecule has 1 atom stereocenters. The second kappa shape index (κ2) is 12.7. The van der Waals surface area contributed by atoms with Crippen LogP contribution < -0.4 is 5.32 Å². The molecule has 1 N–H and O–H groups in total.